The number of aliphatic carboxylic acids is 2. The van der Waals surface area contributed by atoms with E-state index in [-0.39, 0.29) is 0 Å². The molecule has 6 N–H and O–H groups in total. The number of carbonyl (C=O) groups is 3. The molecule has 34 heavy (non-hydrogen) atoms. The van der Waals surface area contributed by atoms with E-state index in [1.54, 1.807) is 36.4 Å². The first-order chi connectivity index (χ1) is 16.0. The van der Waals surface area contributed by atoms with Crippen LogP contribution >= 0.6 is 31.9 Å². The third kappa shape index (κ3) is 8.71. The van der Waals surface area contributed by atoms with Crippen molar-refractivity contribution in [1.82, 2.24) is 5.32 Å². The van der Waals surface area contributed by atoms with Crippen LogP contribution in [0.25, 0.3) is 0 Å². The molecule has 2 amide bonds. The Morgan fingerprint density at radius 3 is 1.74 bits per heavy atom. The largest absolute Gasteiger partial charge is 0.480 e. The minimum absolute atomic E-state index is 0.482. The predicted molar refractivity (Wildman–Crippen MR) is 132 cm³/mol. The highest BCUT2D eigenvalue weighted by atomic mass is 79.9. The number of hydrogen-bond acceptors (Lipinski definition) is 6. The molecule has 0 heterocycles. The van der Waals surface area contributed by atoms with E-state index >= 15 is 0 Å². The van der Waals surface area contributed by atoms with Gasteiger partial charge in [0.05, 0.1) is 5.69 Å². The van der Waals surface area contributed by atoms with Crippen molar-refractivity contribution in [1.29, 1.82) is 0 Å². The smallest absolute Gasteiger partial charge is 0.329 e. The maximum Gasteiger partial charge on any atom is 0.329 e. The summed E-state index contributed by atoms with van der Waals surface area (Å²) < 4.78 is 1.88. The summed E-state index contributed by atoms with van der Waals surface area (Å²) in [7, 11) is 0. The quantitative estimate of drug-likeness (QED) is 0.254. The van der Waals surface area contributed by atoms with Gasteiger partial charge in [-0.2, -0.15) is 4.99 Å². The Kier molecular flexibility index (Phi) is 9.51. The van der Waals surface area contributed by atoms with Crippen molar-refractivity contribution >= 4 is 67.3 Å². The van der Waals surface area contributed by atoms with E-state index in [1.165, 1.54) is 6.08 Å². The summed E-state index contributed by atoms with van der Waals surface area (Å²) in [5, 5.41) is 22.1. The molecule has 2 fully saturated rings. The second-order valence-corrected chi connectivity index (χ2v) is 9.45. The van der Waals surface area contributed by atoms with Crippen molar-refractivity contribution in [2.24, 2.45) is 10.7 Å². The predicted octanol–water partition coefficient (Wildman–Crippen LogP) is 4.17. The third-order valence-corrected chi connectivity index (χ3v) is 5.89. The first-order valence-electron chi connectivity index (χ1n) is 9.93. The van der Waals surface area contributed by atoms with Crippen LogP contribution in [-0.2, 0) is 14.4 Å². The second kappa shape index (κ2) is 11.9. The zero-order valence-electron chi connectivity index (χ0n) is 17.8. The topological polar surface area (TPSA) is 171 Å². The van der Waals surface area contributed by atoms with Gasteiger partial charge < -0.3 is 26.6 Å². The molecule has 0 aliphatic heterocycles. The number of carboxylic acids is 2. The molecule has 0 aromatic heterocycles. The minimum atomic E-state index is -1.06. The highest BCUT2D eigenvalue weighted by Crippen LogP contribution is 2.35. The molecule has 10 nitrogen and oxygen atoms in total. The first-order valence-corrected chi connectivity index (χ1v) is 11.5. The van der Waals surface area contributed by atoms with Crippen molar-refractivity contribution in [3.63, 3.8) is 0 Å². The molecule has 2 aromatic rings. The van der Waals surface area contributed by atoms with Crippen LogP contribution in [0.3, 0.4) is 0 Å². The zero-order valence-corrected chi connectivity index (χ0v) is 20.9. The van der Waals surface area contributed by atoms with E-state index in [9.17, 15) is 19.2 Å². The standard InChI is InChI=1S/C11H11BrN2O3.C7H4BrNO.C4H7NO2/c12-7-1-3-8(4-2-7)13-10(17)14-11(5-6-11)9(15)16;8-6-1-3-7(4-2-6)9-5-10;5-4(1-2-4)3(6)7/h1-4H,5-6H2,(H,15,16)(H2,13,14,17);1-4H;1-2,5H2,(H,6,7). The maximum absolute atomic E-state index is 11.6. The van der Waals surface area contributed by atoms with Crippen LogP contribution in [0.1, 0.15) is 25.7 Å². The fourth-order valence-electron chi connectivity index (χ4n) is 2.35. The van der Waals surface area contributed by atoms with Gasteiger partial charge in [-0.3, -0.25) is 4.79 Å². The molecule has 0 spiro atoms. The van der Waals surface area contributed by atoms with Crippen LogP contribution in [0.15, 0.2) is 62.5 Å². The Hall–Kier alpha value is -3.05. The minimum Gasteiger partial charge on any atom is -0.480 e. The Morgan fingerprint density at radius 1 is 0.882 bits per heavy atom. The Morgan fingerprint density at radius 2 is 1.38 bits per heavy atom. The number of anilines is 1. The Labute approximate surface area is 211 Å². The zero-order chi connectivity index (χ0) is 25.4. The molecular formula is C22H22Br2N4O6. The number of hydrogen-bond donors (Lipinski definition) is 5. The summed E-state index contributed by atoms with van der Waals surface area (Å²) in [6, 6.07) is 13.6. The number of carboxylic acid groups (broad SMARTS) is 2. The number of nitrogens with one attached hydrogen (secondary N) is 2. The monoisotopic (exact) mass is 596 g/mol. The van der Waals surface area contributed by atoms with E-state index in [0.717, 1.165) is 8.95 Å². The summed E-state index contributed by atoms with van der Waals surface area (Å²) >= 11 is 6.54. The number of nitrogens with zero attached hydrogens (tertiary/aromatic N) is 1. The van der Waals surface area contributed by atoms with Gasteiger partial charge in [0, 0.05) is 14.6 Å². The van der Waals surface area contributed by atoms with Gasteiger partial charge >= 0.3 is 18.0 Å². The van der Waals surface area contributed by atoms with E-state index in [2.05, 4.69) is 47.5 Å². The van der Waals surface area contributed by atoms with Crippen molar-refractivity contribution in [2.45, 2.75) is 36.8 Å². The van der Waals surface area contributed by atoms with Crippen LogP contribution in [0.4, 0.5) is 16.2 Å². The van der Waals surface area contributed by atoms with Gasteiger partial charge in [-0.25, -0.2) is 14.4 Å². The third-order valence-electron chi connectivity index (χ3n) is 4.83. The average molecular weight is 598 g/mol. The molecule has 2 saturated carbocycles. The second-order valence-electron chi connectivity index (χ2n) is 7.61. The van der Waals surface area contributed by atoms with Crippen molar-refractivity contribution in [3.05, 3.63) is 57.5 Å². The summed E-state index contributed by atoms with van der Waals surface area (Å²) in [5.41, 5.74) is 4.54. The molecule has 180 valence electrons. The summed E-state index contributed by atoms with van der Waals surface area (Å²) in [6.45, 7) is 0. The molecule has 12 heteroatoms. The molecule has 2 aromatic carbocycles. The fraction of sp³-hybridized carbons (Fsp3) is 0.273. The van der Waals surface area contributed by atoms with E-state index in [1.807, 2.05) is 12.1 Å². The normalized spacial score (nSPS) is 15.5. The number of benzene rings is 2. The van der Waals surface area contributed by atoms with Gasteiger partial charge in [0.1, 0.15) is 11.1 Å². The van der Waals surface area contributed by atoms with Crippen molar-refractivity contribution < 1.29 is 29.4 Å². The van der Waals surface area contributed by atoms with Gasteiger partial charge in [-0.1, -0.05) is 31.9 Å². The summed E-state index contributed by atoms with van der Waals surface area (Å²) in [5.74, 6) is -1.85. The molecule has 0 atom stereocenters. The SMILES string of the molecule is NC1(C(=O)O)CC1.O=C(Nc1ccc(Br)cc1)NC1(C(=O)O)CC1.O=C=Nc1ccc(Br)cc1. The van der Waals surface area contributed by atoms with Gasteiger partial charge in [0.15, 0.2) is 0 Å². The molecule has 4 rings (SSSR count). The van der Waals surface area contributed by atoms with Crippen LogP contribution < -0.4 is 16.4 Å². The number of carbonyl (C=O) groups excluding carboxylic acids is 2. The lowest BCUT2D eigenvalue weighted by Crippen LogP contribution is -2.45. The van der Waals surface area contributed by atoms with Gasteiger partial charge in [-0.15, -0.1) is 0 Å². The highest BCUT2D eigenvalue weighted by molar-refractivity contribution is 9.10. The van der Waals surface area contributed by atoms with Crippen LogP contribution in [-0.4, -0.2) is 45.3 Å². The fourth-order valence-corrected chi connectivity index (χ4v) is 2.88. The maximum atomic E-state index is 11.6. The van der Waals surface area contributed by atoms with Crippen LogP contribution in [0.2, 0.25) is 0 Å². The summed E-state index contributed by atoms with van der Waals surface area (Å²) in [4.78, 5) is 45.6. The molecule has 0 radical (unpaired) electrons. The molecule has 0 saturated heterocycles. The van der Waals surface area contributed by atoms with Gasteiger partial charge in [0.25, 0.3) is 0 Å². The highest BCUT2D eigenvalue weighted by Gasteiger charge is 2.51. The number of isocyanates is 1. The first kappa shape index (κ1) is 27.2. The van der Waals surface area contributed by atoms with Gasteiger partial charge in [-0.05, 0) is 74.2 Å². The summed E-state index contributed by atoms with van der Waals surface area (Å²) in [6.07, 6.45) is 3.71. The van der Waals surface area contributed by atoms with E-state index < -0.39 is 29.0 Å². The molecule has 0 bridgehead atoms. The number of amides is 2. The Balaban J connectivity index is 0.000000202. The van der Waals surface area contributed by atoms with Crippen LogP contribution in [0, 0.1) is 0 Å². The number of nitrogens with two attached hydrogens (primary N) is 1. The van der Waals surface area contributed by atoms with E-state index in [0.29, 0.717) is 37.1 Å². The molecule has 2 aliphatic rings. The number of aliphatic imine (C=N–C) groups is 1. The molecule has 2 aliphatic carbocycles. The lowest BCUT2D eigenvalue weighted by atomic mass is 10.3. The van der Waals surface area contributed by atoms with Crippen molar-refractivity contribution in [2.75, 3.05) is 5.32 Å². The van der Waals surface area contributed by atoms with Crippen molar-refractivity contribution in [3.8, 4) is 0 Å². The lowest BCUT2D eigenvalue weighted by Gasteiger charge is -2.13. The molecule has 0 unspecified atom stereocenters. The number of urea groups is 1. The van der Waals surface area contributed by atoms with E-state index in [4.69, 9.17) is 15.9 Å². The van der Waals surface area contributed by atoms with Gasteiger partial charge in [0.2, 0.25) is 6.08 Å². The van der Waals surface area contributed by atoms with Crippen LogP contribution in [0.5, 0.6) is 0 Å². The lowest BCUT2D eigenvalue weighted by molar-refractivity contribution is -0.140. The number of halogens is 2. The Bertz CT molecular complexity index is 1080. The number of rotatable bonds is 5. The molecular weight excluding hydrogens is 576 g/mol. The average Bonchev–Trinajstić information content (AvgIpc) is 3.71.